The fourth-order valence-electron chi connectivity index (χ4n) is 1.80. The molecule has 1 heterocycles. The summed E-state index contributed by atoms with van der Waals surface area (Å²) >= 11 is 0. The van der Waals surface area contributed by atoms with Crippen molar-refractivity contribution in [2.75, 3.05) is 26.2 Å². The molecule has 0 aromatic carbocycles. The molecular weight excluding hydrogens is 194 g/mol. The van der Waals surface area contributed by atoms with Crippen LogP contribution in [0, 0.1) is 5.92 Å². The first-order valence-electron chi connectivity index (χ1n) is 5.35. The van der Waals surface area contributed by atoms with Gasteiger partial charge < -0.3 is 16.0 Å². The lowest BCUT2D eigenvalue weighted by molar-refractivity contribution is -0.133. The third-order valence-corrected chi connectivity index (χ3v) is 2.69. The first kappa shape index (κ1) is 12.0. The molecule has 0 aromatic heterocycles. The second-order valence-corrected chi connectivity index (χ2v) is 3.99. The Morgan fingerprint density at radius 1 is 1.53 bits per heavy atom. The number of piperidine rings is 1. The highest BCUT2D eigenvalue weighted by atomic mass is 16.2. The summed E-state index contributed by atoms with van der Waals surface area (Å²) in [5, 5.41) is 2.51. The van der Waals surface area contributed by atoms with Gasteiger partial charge in [-0.3, -0.25) is 9.59 Å². The van der Waals surface area contributed by atoms with E-state index in [1.807, 2.05) is 0 Å². The number of likely N-dealkylation sites (tertiary alicyclic amines) is 1. The molecule has 1 atom stereocenters. The van der Waals surface area contributed by atoms with Crippen LogP contribution in [0.3, 0.4) is 0 Å². The first-order valence-corrected chi connectivity index (χ1v) is 5.35. The van der Waals surface area contributed by atoms with Crippen LogP contribution in [-0.2, 0) is 9.59 Å². The highest BCUT2D eigenvalue weighted by Crippen LogP contribution is 2.14. The van der Waals surface area contributed by atoms with E-state index in [0.29, 0.717) is 12.5 Å². The number of rotatable bonds is 3. The summed E-state index contributed by atoms with van der Waals surface area (Å²) in [6.45, 7) is 3.66. The van der Waals surface area contributed by atoms with Crippen LogP contribution in [0.1, 0.15) is 19.8 Å². The lowest BCUT2D eigenvalue weighted by atomic mass is 9.98. The molecule has 1 aliphatic heterocycles. The average Bonchev–Trinajstić information content (AvgIpc) is 2.26. The highest BCUT2D eigenvalue weighted by molar-refractivity contribution is 5.83. The van der Waals surface area contributed by atoms with Crippen molar-refractivity contribution < 1.29 is 9.59 Å². The number of amides is 2. The van der Waals surface area contributed by atoms with Gasteiger partial charge in [0.15, 0.2) is 0 Å². The maximum absolute atomic E-state index is 11.6. The zero-order valence-corrected chi connectivity index (χ0v) is 9.16. The molecule has 0 aromatic rings. The van der Waals surface area contributed by atoms with Crippen molar-refractivity contribution in [2.45, 2.75) is 19.8 Å². The largest absolute Gasteiger partial charge is 0.347 e. The third-order valence-electron chi connectivity index (χ3n) is 2.69. The van der Waals surface area contributed by atoms with Gasteiger partial charge >= 0.3 is 0 Å². The maximum Gasteiger partial charge on any atom is 0.241 e. The Kier molecular flexibility index (Phi) is 4.55. The SMILES string of the molecule is CC(=O)NCC(=O)N1CCC[C@H](CN)C1. The molecular formula is C10H19N3O2. The van der Waals surface area contributed by atoms with Gasteiger partial charge in [0.2, 0.25) is 11.8 Å². The molecule has 0 unspecified atom stereocenters. The molecule has 0 bridgehead atoms. The van der Waals surface area contributed by atoms with E-state index in [-0.39, 0.29) is 18.4 Å². The van der Waals surface area contributed by atoms with Gasteiger partial charge in [0.05, 0.1) is 6.54 Å². The average molecular weight is 213 g/mol. The van der Waals surface area contributed by atoms with E-state index < -0.39 is 0 Å². The molecule has 3 N–H and O–H groups in total. The van der Waals surface area contributed by atoms with Crippen LogP contribution in [0.4, 0.5) is 0 Å². The molecule has 2 amide bonds. The van der Waals surface area contributed by atoms with Crippen molar-refractivity contribution in [3.63, 3.8) is 0 Å². The first-order chi connectivity index (χ1) is 7.13. The van der Waals surface area contributed by atoms with Crippen LogP contribution < -0.4 is 11.1 Å². The van der Waals surface area contributed by atoms with E-state index in [1.165, 1.54) is 6.92 Å². The number of hydrogen-bond donors (Lipinski definition) is 2. The predicted molar refractivity (Wildman–Crippen MR) is 57.0 cm³/mol. The lowest BCUT2D eigenvalue weighted by Crippen LogP contribution is -2.46. The second-order valence-electron chi connectivity index (χ2n) is 3.99. The summed E-state index contributed by atoms with van der Waals surface area (Å²) in [7, 11) is 0. The Hall–Kier alpha value is -1.10. The summed E-state index contributed by atoms with van der Waals surface area (Å²) in [6, 6.07) is 0. The molecule has 1 fully saturated rings. The fraction of sp³-hybridized carbons (Fsp3) is 0.800. The van der Waals surface area contributed by atoms with E-state index in [9.17, 15) is 9.59 Å². The number of hydrogen-bond acceptors (Lipinski definition) is 3. The minimum absolute atomic E-state index is 0.0108. The van der Waals surface area contributed by atoms with Crippen molar-refractivity contribution >= 4 is 11.8 Å². The zero-order chi connectivity index (χ0) is 11.3. The molecule has 15 heavy (non-hydrogen) atoms. The Labute approximate surface area is 90.0 Å². The summed E-state index contributed by atoms with van der Waals surface area (Å²) < 4.78 is 0. The Bertz CT molecular complexity index is 243. The lowest BCUT2D eigenvalue weighted by Gasteiger charge is -2.32. The zero-order valence-electron chi connectivity index (χ0n) is 9.16. The second kappa shape index (κ2) is 5.70. The van der Waals surface area contributed by atoms with Gasteiger partial charge in [0.25, 0.3) is 0 Å². The monoisotopic (exact) mass is 213 g/mol. The van der Waals surface area contributed by atoms with Gasteiger partial charge in [-0.2, -0.15) is 0 Å². The van der Waals surface area contributed by atoms with Crippen molar-refractivity contribution in [1.82, 2.24) is 10.2 Å². The number of carbonyl (C=O) groups excluding carboxylic acids is 2. The number of carbonyl (C=O) groups is 2. The van der Waals surface area contributed by atoms with Crippen LogP contribution in [0.25, 0.3) is 0 Å². The minimum Gasteiger partial charge on any atom is -0.347 e. The van der Waals surface area contributed by atoms with Crippen LogP contribution in [0.5, 0.6) is 0 Å². The molecule has 0 radical (unpaired) electrons. The molecule has 86 valence electrons. The fourth-order valence-corrected chi connectivity index (χ4v) is 1.80. The Balaban J connectivity index is 2.35. The topological polar surface area (TPSA) is 75.4 Å². The molecule has 1 saturated heterocycles. The Morgan fingerprint density at radius 2 is 2.27 bits per heavy atom. The molecule has 5 nitrogen and oxygen atoms in total. The van der Waals surface area contributed by atoms with Gasteiger partial charge in [-0.1, -0.05) is 0 Å². The van der Waals surface area contributed by atoms with Crippen LogP contribution in [0.2, 0.25) is 0 Å². The molecule has 0 saturated carbocycles. The normalized spacial score (nSPS) is 21.2. The maximum atomic E-state index is 11.6. The van der Waals surface area contributed by atoms with Crippen molar-refractivity contribution in [3.8, 4) is 0 Å². The molecule has 1 rings (SSSR count). The predicted octanol–water partition coefficient (Wildman–Crippen LogP) is -0.680. The molecule has 5 heteroatoms. The Morgan fingerprint density at radius 3 is 2.87 bits per heavy atom. The molecule has 0 spiro atoms. The number of nitrogens with zero attached hydrogens (tertiary/aromatic N) is 1. The van der Waals surface area contributed by atoms with E-state index >= 15 is 0 Å². The quantitative estimate of drug-likeness (QED) is 0.652. The van der Waals surface area contributed by atoms with Gasteiger partial charge in [-0.15, -0.1) is 0 Å². The van der Waals surface area contributed by atoms with Gasteiger partial charge in [-0.05, 0) is 25.3 Å². The summed E-state index contributed by atoms with van der Waals surface area (Å²) in [6.07, 6.45) is 2.11. The molecule has 1 aliphatic rings. The van der Waals surface area contributed by atoms with E-state index in [1.54, 1.807) is 4.90 Å². The van der Waals surface area contributed by atoms with E-state index in [2.05, 4.69) is 5.32 Å². The molecule has 0 aliphatic carbocycles. The van der Waals surface area contributed by atoms with Crippen LogP contribution in [0.15, 0.2) is 0 Å². The van der Waals surface area contributed by atoms with Crippen LogP contribution >= 0.6 is 0 Å². The minimum atomic E-state index is -0.171. The summed E-state index contributed by atoms with van der Waals surface area (Å²) in [5.74, 6) is 0.235. The number of nitrogens with two attached hydrogens (primary N) is 1. The summed E-state index contributed by atoms with van der Waals surface area (Å²) in [4.78, 5) is 24.1. The standard InChI is InChI=1S/C10H19N3O2/c1-8(14)12-6-10(15)13-4-2-3-9(5-11)7-13/h9H,2-7,11H2,1H3,(H,12,14)/t9-/m1/s1. The van der Waals surface area contributed by atoms with Crippen molar-refractivity contribution in [2.24, 2.45) is 11.7 Å². The van der Waals surface area contributed by atoms with Gasteiger partial charge in [0.1, 0.15) is 0 Å². The van der Waals surface area contributed by atoms with Crippen molar-refractivity contribution in [3.05, 3.63) is 0 Å². The van der Waals surface area contributed by atoms with Crippen LogP contribution in [-0.4, -0.2) is 42.9 Å². The summed E-state index contributed by atoms with van der Waals surface area (Å²) in [5.41, 5.74) is 5.58. The van der Waals surface area contributed by atoms with E-state index in [4.69, 9.17) is 5.73 Å². The number of nitrogens with one attached hydrogen (secondary N) is 1. The smallest absolute Gasteiger partial charge is 0.241 e. The van der Waals surface area contributed by atoms with Crippen molar-refractivity contribution in [1.29, 1.82) is 0 Å². The highest BCUT2D eigenvalue weighted by Gasteiger charge is 2.22. The van der Waals surface area contributed by atoms with Gasteiger partial charge in [0, 0.05) is 20.0 Å². The third kappa shape index (κ3) is 3.87. The van der Waals surface area contributed by atoms with E-state index in [0.717, 1.165) is 25.9 Å². The van der Waals surface area contributed by atoms with Gasteiger partial charge in [-0.25, -0.2) is 0 Å².